The fraction of sp³-hybridized carbons (Fsp3) is 0.727. The van der Waals surface area contributed by atoms with E-state index in [1.54, 1.807) is 7.11 Å². The van der Waals surface area contributed by atoms with Crippen LogP contribution in [0.2, 0.25) is 0 Å². The van der Waals surface area contributed by atoms with E-state index in [0.717, 1.165) is 26.0 Å². The Kier molecular flexibility index (Phi) is 5.36. The van der Waals surface area contributed by atoms with Gasteiger partial charge in [0.05, 0.1) is 6.20 Å². The average Bonchev–Trinajstić information content (AvgIpc) is 2.64. The lowest BCUT2D eigenvalue weighted by Gasteiger charge is -2.11. The summed E-state index contributed by atoms with van der Waals surface area (Å²) in [7, 11) is 3.68. The minimum atomic E-state index is 0.376. The normalized spacial score (nSPS) is 13.0. The molecular weight excluding hydrogens is 190 g/mol. The third-order valence-corrected chi connectivity index (χ3v) is 2.45. The number of nitrogens with zero attached hydrogens (tertiary/aromatic N) is 2. The number of unbranched alkanes of at least 4 members (excludes halogenated alkanes) is 1. The highest BCUT2D eigenvalue weighted by Crippen LogP contribution is 2.09. The largest absolute Gasteiger partial charge is 0.385 e. The van der Waals surface area contributed by atoms with Crippen molar-refractivity contribution in [2.45, 2.75) is 25.8 Å². The lowest BCUT2D eigenvalue weighted by atomic mass is 10.2. The molecule has 1 aromatic rings. The van der Waals surface area contributed by atoms with Crippen LogP contribution in [0.15, 0.2) is 12.4 Å². The van der Waals surface area contributed by atoms with E-state index in [4.69, 9.17) is 4.74 Å². The molecule has 0 aliphatic rings. The summed E-state index contributed by atoms with van der Waals surface area (Å²) in [5.41, 5.74) is 1.24. The maximum atomic E-state index is 5.00. The molecule has 15 heavy (non-hydrogen) atoms. The molecule has 86 valence electrons. The fourth-order valence-electron chi connectivity index (χ4n) is 1.47. The molecule has 1 rings (SSSR count). The molecule has 0 amide bonds. The Morgan fingerprint density at radius 1 is 1.53 bits per heavy atom. The second-order valence-corrected chi connectivity index (χ2v) is 3.82. The molecule has 4 heteroatoms. The summed E-state index contributed by atoms with van der Waals surface area (Å²) in [6.45, 7) is 4.04. The van der Waals surface area contributed by atoms with Gasteiger partial charge in [-0.25, -0.2) is 0 Å². The van der Waals surface area contributed by atoms with E-state index < -0.39 is 0 Å². The SMILES string of the molecule is COCCCCNC(C)c1cnn(C)c1. The smallest absolute Gasteiger partial charge is 0.0537 e. The van der Waals surface area contributed by atoms with Crippen LogP contribution < -0.4 is 5.32 Å². The summed E-state index contributed by atoms with van der Waals surface area (Å²) in [6.07, 6.45) is 6.22. The van der Waals surface area contributed by atoms with Gasteiger partial charge in [0, 0.05) is 38.6 Å². The summed E-state index contributed by atoms with van der Waals surface area (Å²) in [5.74, 6) is 0. The molecule has 0 saturated carbocycles. The number of hydrogen-bond acceptors (Lipinski definition) is 3. The zero-order valence-electron chi connectivity index (χ0n) is 9.86. The Labute approximate surface area is 91.6 Å². The van der Waals surface area contributed by atoms with Gasteiger partial charge >= 0.3 is 0 Å². The lowest BCUT2D eigenvalue weighted by molar-refractivity contribution is 0.192. The zero-order chi connectivity index (χ0) is 11.1. The van der Waals surface area contributed by atoms with Crippen molar-refractivity contribution in [3.63, 3.8) is 0 Å². The molecule has 1 N–H and O–H groups in total. The molecular formula is C11H21N3O. The van der Waals surface area contributed by atoms with Crippen LogP contribution in [-0.2, 0) is 11.8 Å². The molecule has 0 aliphatic heterocycles. The van der Waals surface area contributed by atoms with Gasteiger partial charge in [-0.2, -0.15) is 5.10 Å². The number of hydrogen-bond donors (Lipinski definition) is 1. The van der Waals surface area contributed by atoms with E-state index in [1.807, 2.05) is 24.1 Å². The summed E-state index contributed by atoms with van der Waals surface area (Å²) < 4.78 is 6.83. The highest BCUT2D eigenvalue weighted by atomic mass is 16.5. The van der Waals surface area contributed by atoms with Gasteiger partial charge in [-0.3, -0.25) is 4.68 Å². The molecule has 0 aliphatic carbocycles. The van der Waals surface area contributed by atoms with Crippen molar-refractivity contribution in [1.82, 2.24) is 15.1 Å². The van der Waals surface area contributed by atoms with Crippen LogP contribution >= 0.6 is 0 Å². The third kappa shape index (κ3) is 4.44. The van der Waals surface area contributed by atoms with Crippen LogP contribution in [0, 0.1) is 0 Å². The van der Waals surface area contributed by atoms with Gasteiger partial charge in [0.25, 0.3) is 0 Å². The third-order valence-electron chi connectivity index (χ3n) is 2.45. The van der Waals surface area contributed by atoms with E-state index in [-0.39, 0.29) is 0 Å². The minimum absolute atomic E-state index is 0.376. The Morgan fingerprint density at radius 2 is 2.33 bits per heavy atom. The van der Waals surface area contributed by atoms with Gasteiger partial charge in [-0.05, 0) is 26.3 Å². The van der Waals surface area contributed by atoms with Crippen molar-refractivity contribution in [3.8, 4) is 0 Å². The molecule has 1 heterocycles. The van der Waals surface area contributed by atoms with Crippen molar-refractivity contribution in [2.75, 3.05) is 20.3 Å². The van der Waals surface area contributed by atoms with Gasteiger partial charge in [0.2, 0.25) is 0 Å². The first-order chi connectivity index (χ1) is 7.24. The van der Waals surface area contributed by atoms with Crippen molar-refractivity contribution in [1.29, 1.82) is 0 Å². The first-order valence-corrected chi connectivity index (χ1v) is 5.45. The number of nitrogens with one attached hydrogen (secondary N) is 1. The Bertz CT molecular complexity index is 273. The number of rotatable bonds is 7. The van der Waals surface area contributed by atoms with Gasteiger partial charge < -0.3 is 10.1 Å². The van der Waals surface area contributed by atoms with Gasteiger partial charge in [-0.1, -0.05) is 0 Å². The number of ether oxygens (including phenoxy) is 1. The van der Waals surface area contributed by atoms with Crippen molar-refractivity contribution in [3.05, 3.63) is 18.0 Å². The second-order valence-electron chi connectivity index (χ2n) is 3.82. The molecule has 0 saturated heterocycles. The molecule has 1 unspecified atom stereocenters. The van der Waals surface area contributed by atoms with E-state index in [0.29, 0.717) is 6.04 Å². The molecule has 1 aromatic heterocycles. The molecule has 0 spiro atoms. The Balaban J connectivity index is 2.16. The number of aryl methyl sites for hydroxylation is 1. The first-order valence-electron chi connectivity index (χ1n) is 5.45. The fourth-order valence-corrected chi connectivity index (χ4v) is 1.47. The monoisotopic (exact) mass is 211 g/mol. The van der Waals surface area contributed by atoms with E-state index in [1.165, 1.54) is 5.56 Å². The molecule has 0 fully saturated rings. The first kappa shape index (κ1) is 12.2. The summed E-state index contributed by atoms with van der Waals surface area (Å²) in [4.78, 5) is 0. The van der Waals surface area contributed by atoms with E-state index in [2.05, 4.69) is 17.3 Å². The van der Waals surface area contributed by atoms with E-state index in [9.17, 15) is 0 Å². The molecule has 4 nitrogen and oxygen atoms in total. The van der Waals surface area contributed by atoms with Crippen LogP contribution in [-0.4, -0.2) is 30.0 Å². The minimum Gasteiger partial charge on any atom is -0.385 e. The quantitative estimate of drug-likeness (QED) is 0.695. The lowest BCUT2D eigenvalue weighted by Crippen LogP contribution is -2.19. The van der Waals surface area contributed by atoms with Crippen LogP contribution in [0.5, 0.6) is 0 Å². The summed E-state index contributed by atoms with van der Waals surface area (Å²) >= 11 is 0. The van der Waals surface area contributed by atoms with E-state index >= 15 is 0 Å². The summed E-state index contributed by atoms with van der Waals surface area (Å²) in [5, 5.41) is 7.61. The topological polar surface area (TPSA) is 39.1 Å². The van der Waals surface area contributed by atoms with Crippen molar-refractivity contribution >= 4 is 0 Å². The molecule has 0 aromatic carbocycles. The van der Waals surface area contributed by atoms with Crippen LogP contribution in [0.3, 0.4) is 0 Å². The maximum Gasteiger partial charge on any atom is 0.0537 e. The number of methoxy groups -OCH3 is 1. The Hall–Kier alpha value is -0.870. The van der Waals surface area contributed by atoms with Crippen molar-refractivity contribution < 1.29 is 4.74 Å². The zero-order valence-corrected chi connectivity index (χ0v) is 9.86. The molecule has 0 bridgehead atoms. The summed E-state index contributed by atoms with van der Waals surface area (Å²) in [6, 6.07) is 0.376. The van der Waals surface area contributed by atoms with Gasteiger partial charge in [0.1, 0.15) is 0 Å². The number of aromatic nitrogens is 2. The van der Waals surface area contributed by atoms with Gasteiger partial charge in [-0.15, -0.1) is 0 Å². The standard InChI is InChI=1S/C11H21N3O/c1-10(11-8-13-14(2)9-11)12-6-4-5-7-15-3/h8-10,12H,4-7H2,1-3H3. The maximum absolute atomic E-state index is 5.00. The second kappa shape index (κ2) is 6.58. The highest BCUT2D eigenvalue weighted by molar-refractivity contribution is 5.08. The predicted octanol–water partition coefficient (Wildman–Crippen LogP) is 1.50. The Morgan fingerprint density at radius 3 is 2.93 bits per heavy atom. The average molecular weight is 211 g/mol. The van der Waals surface area contributed by atoms with Crippen LogP contribution in [0.4, 0.5) is 0 Å². The van der Waals surface area contributed by atoms with Crippen LogP contribution in [0.25, 0.3) is 0 Å². The van der Waals surface area contributed by atoms with Gasteiger partial charge in [0.15, 0.2) is 0 Å². The molecule has 0 radical (unpaired) electrons. The van der Waals surface area contributed by atoms with Crippen molar-refractivity contribution in [2.24, 2.45) is 7.05 Å². The predicted molar refractivity (Wildman–Crippen MR) is 60.7 cm³/mol. The van der Waals surface area contributed by atoms with Crippen LogP contribution in [0.1, 0.15) is 31.4 Å². The molecule has 1 atom stereocenters. The highest BCUT2D eigenvalue weighted by Gasteiger charge is 2.05.